The molecule has 0 heterocycles. The van der Waals surface area contributed by atoms with E-state index in [1.807, 2.05) is 0 Å². The highest BCUT2D eigenvalue weighted by atomic mass is 16.6. The number of amides is 1. The lowest BCUT2D eigenvalue weighted by molar-refractivity contribution is -0.137. The van der Waals surface area contributed by atoms with Crippen molar-refractivity contribution in [2.75, 3.05) is 13.1 Å². The number of benzene rings is 1. The van der Waals surface area contributed by atoms with Crippen LogP contribution in [0.15, 0.2) is 30.3 Å². The molecule has 0 aliphatic carbocycles. The molecule has 0 aliphatic rings. The zero-order chi connectivity index (χ0) is 12.0. The third-order valence-corrected chi connectivity index (χ3v) is 1.91. The molecule has 0 radical (unpaired) electrons. The molecule has 16 heavy (non-hydrogen) atoms. The van der Waals surface area contributed by atoms with Gasteiger partial charge in [-0.15, -0.1) is 0 Å². The van der Waals surface area contributed by atoms with Crippen molar-refractivity contribution in [3.63, 3.8) is 0 Å². The Labute approximate surface area is 93.2 Å². The average Bonchev–Trinajstić information content (AvgIpc) is 2.26. The van der Waals surface area contributed by atoms with E-state index in [2.05, 4.69) is 0 Å². The molecule has 0 saturated heterocycles. The summed E-state index contributed by atoms with van der Waals surface area (Å²) in [6, 6.07) is 8.53. The number of carbonyl (C=O) groups excluding carboxylic acids is 1. The monoisotopic (exact) mass is 223 g/mol. The first-order valence-electron chi connectivity index (χ1n) is 4.87. The van der Waals surface area contributed by atoms with Gasteiger partial charge in [0.05, 0.1) is 0 Å². The number of likely N-dealkylation sites (N-methyl/N-ethyl adjacent to an activating group) is 1. The lowest BCUT2D eigenvalue weighted by Crippen LogP contribution is -2.37. The number of carboxylic acid groups (broad SMARTS) is 1. The number of hydrogen-bond acceptors (Lipinski definition) is 3. The van der Waals surface area contributed by atoms with E-state index in [4.69, 9.17) is 9.84 Å². The fourth-order valence-corrected chi connectivity index (χ4v) is 1.12. The molecule has 0 atom stereocenters. The Hall–Kier alpha value is -2.04. The Bertz CT molecular complexity index is 364. The molecule has 0 aliphatic heterocycles. The summed E-state index contributed by atoms with van der Waals surface area (Å²) >= 11 is 0. The zero-order valence-corrected chi connectivity index (χ0v) is 8.92. The molecule has 0 saturated carbocycles. The van der Waals surface area contributed by atoms with Crippen LogP contribution in [-0.2, 0) is 4.79 Å². The SMILES string of the molecule is CCN(CC(=O)O)C(=O)Oc1ccccc1. The number of hydrogen-bond donors (Lipinski definition) is 1. The second kappa shape index (κ2) is 5.75. The summed E-state index contributed by atoms with van der Waals surface area (Å²) in [4.78, 5) is 23.1. The van der Waals surface area contributed by atoms with Gasteiger partial charge in [-0.3, -0.25) is 9.69 Å². The van der Waals surface area contributed by atoms with Crippen molar-refractivity contribution >= 4 is 12.1 Å². The maximum atomic E-state index is 11.5. The number of rotatable bonds is 4. The van der Waals surface area contributed by atoms with Crippen LogP contribution in [0.4, 0.5) is 4.79 Å². The van der Waals surface area contributed by atoms with E-state index < -0.39 is 12.1 Å². The van der Waals surface area contributed by atoms with Gasteiger partial charge in [0.1, 0.15) is 12.3 Å². The summed E-state index contributed by atoms with van der Waals surface area (Å²) < 4.78 is 4.99. The molecule has 1 aromatic rings. The van der Waals surface area contributed by atoms with Crippen molar-refractivity contribution in [1.82, 2.24) is 4.90 Å². The van der Waals surface area contributed by atoms with Crippen molar-refractivity contribution in [2.45, 2.75) is 6.92 Å². The van der Waals surface area contributed by atoms with Gasteiger partial charge in [-0.1, -0.05) is 18.2 Å². The first-order valence-corrected chi connectivity index (χ1v) is 4.87. The predicted molar refractivity (Wildman–Crippen MR) is 57.3 cm³/mol. The molecule has 0 spiro atoms. The Kier molecular flexibility index (Phi) is 4.32. The topological polar surface area (TPSA) is 66.8 Å². The van der Waals surface area contributed by atoms with Crippen LogP contribution in [0.3, 0.4) is 0 Å². The Morgan fingerprint density at radius 2 is 1.94 bits per heavy atom. The molecule has 0 bridgehead atoms. The van der Waals surface area contributed by atoms with Gasteiger partial charge in [-0.25, -0.2) is 4.79 Å². The molecule has 0 fully saturated rings. The van der Waals surface area contributed by atoms with Gasteiger partial charge in [-0.2, -0.15) is 0 Å². The van der Waals surface area contributed by atoms with Crippen molar-refractivity contribution < 1.29 is 19.4 Å². The highest BCUT2D eigenvalue weighted by molar-refractivity contribution is 5.77. The van der Waals surface area contributed by atoms with E-state index in [0.29, 0.717) is 5.75 Å². The number of nitrogens with zero attached hydrogens (tertiary/aromatic N) is 1. The van der Waals surface area contributed by atoms with Crippen LogP contribution in [0.2, 0.25) is 0 Å². The van der Waals surface area contributed by atoms with Gasteiger partial charge in [0.2, 0.25) is 0 Å². The van der Waals surface area contributed by atoms with Crippen LogP contribution in [0.25, 0.3) is 0 Å². The van der Waals surface area contributed by atoms with Gasteiger partial charge in [0.25, 0.3) is 0 Å². The molecule has 0 unspecified atom stereocenters. The predicted octanol–water partition coefficient (Wildman–Crippen LogP) is 1.59. The summed E-state index contributed by atoms with van der Waals surface area (Å²) in [5.74, 6) is -0.664. The van der Waals surface area contributed by atoms with E-state index in [9.17, 15) is 9.59 Å². The minimum atomic E-state index is -1.06. The molecule has 0 aromatic heterocycles. The number of ether oxygens (including phenoxy) is 1. The largest absolute Gasteiger partial charge is 0.480 e. The first-order chi connectivity index (χ1) is 7.63. The van der Waals surface area contributed by atoms with Gasteiger partial charge >= 0.3 is 12.1 Å². The van der Waals surface area contributed by atoms with Crippen LogP contribution < -0.4 is 4.74 Å². The minimum absolute atomic E-state index is 0.290. The molecule has 1 N–H and O–H groups in total. The lowest BCUT2D eigenvalue weighted by atomic mass is 10.3. The van der Waals surface area contributed by atoms with Gasteiger partial charge < -0.3 is 9.84 Å². The molecule has 1 rings (SSSR count). The minimum Gasteiger partial charge on any atom is -0.480 e. The molecular weight excluding hydrogens is 210 g/mol. The van der Waals surface area contributed by atoms with Crippen LogP contribution in [0.5, 0.6) is 5.75 Å². The molecule has 1 amide bonds. The number of carbonyl (C=O) groups is 2. The quantitative estimate of drug-likeness (QED) is 0.841. The third kappa shape index (κ3) is 3.61. The zero-order valence-electron chi connectivity index (χ0n) is 8.92. The molecule has 1 aromatic carbocycles. The highest BCUT2D eigenvalue weighted by Gasteiger charge is 2.16. The van der Waals surface area contributed by atoms with Crippen LogP contribution in [0, 0.1) is 0 Å². The molecular formula is C11H13NO4. The van der Waals surface area contributed by atoms with Crippen molar-refractivity contribution in [3.8, 4) is 5.75 Å². The second-order valence-electron chi connectivity index (χ2n) is 3.09. The standard InChI is InChI=1S/C11H13NO4/c1-2-12(8-10(13)14)11(15)16-9-6-4-3-5-7-9/h3-7H,2,8H2,1H3,(H,13,14). The summed E-state index contributed by atoms with van der Waals surface area (Å²) in [6.45, 7) is 1.62. The first kappa shape index (κ1) is 12.0. The van der Waals surface area contributed by atoms with Gasteiger partial charge in [0, 0.05) is 6.54 Å². The molecule has 5 nitrogen and oxygen atoms in total. The smallest absolute Gasteiger partial charge is 0.415 e. The lowest BCUT2D eigenvalue weighted by Gasteiger charge is -2.17. The highest BCUT2D eigenvalue weighted by Crippen LogP contribution is 2.09. The molecule has 86 valence electrons. The Balaban J connectivity index is 2.59. The maximum Gasteiger partial charge on any atom is 0.415 e. The summed E-state index contributed by atoms with van der Waals surface area (Å²) in [5.41, 5.74) is 0. The van der Waals surface area contributed by atoms with Crippen molar-refractivity contribution in [2.24, 2.45) is 0 Å². The summed E-state index contributed by atoms with van der Waals surface area (Å²) in [7, 11) is 0. The third-order valence-electron chi connectivity index (χ3n) is 1.91. The van der Waals surface area contributed by atoms with Crippen molar-refractivity contribution in [3.05, 3.63) is 30.3 Å². The number of carboxylic acids is 1. The number of para-hydroxylation sites is 1. The van der Waals surface area contributed by atoms with Crippen LogP contribution >= 0.6 is 0 Å². The van der Waals surface area contributed by atoms with E-state index in [-0.39, 0.29) is 13.1 Å². The molecule has 5 heteroatoms. The number of aliphatic carboxylic acids is 1. The summed E-state index contributed by atoms with van der Waals surface area (Å²) in [5, 5.41) is 8.58. The maximum absolute atomic E-state index is 11.5. The van der Waals surface area contributed by atoms with Gasteiger partial charge in [-0.05, 0) is 19.1 Å². The van der Waals surface area contributed by atoms with Crippen LogP contribution in [-0.4, -0.2) is 35.2 Å². The fourth-order valence-electron chi connectivity index (χ4n) is 1.12. The van der Waals surface area contributed by atoms with E-state index >= 15 is 0 Å². The Morgan fingerprint density at radius 3 is 2.44 bits per heavy atom. The van der Waals surface area contributed by atoms with Crippen molar-refractivity contribution in [1.29, 1.82) is 0 Å². The fraction of sp³-hybridized carbons (Fsp3) is 0.273. The second-order valence-corrected chi connectivity index (χ2v) is 3.09. The van der Waals surface area contributed by atoms with E-state index in [0.717, 1.165) is 4.90 Å². The summed E-state index contributed by atoms with van der Waals surface area (Å²) in [6.07, 6.45) is -0.656. The normalized spacial score (nSPS) is 9.56. The Morgan fingerprint density at radius 1 is 1.31 bits per heavy atom. The average molecular weight is 223 g/mol. The van der Waals surface area contributed by atoms with Crippen LogP contribution in [0.1, 0.15) is 6.92 Å². The van der Waals surface area contributed by atoms with E-state index in [1.165, 1.54) is 0 Å². The van der Waals surface area contributed by atoms with Gasteiger partial charge in [0.15, 0.2) is 0 Å². The van der Waals surface area contributed by atoms with E-state index in [1.54, 1.807) is 37.3 Å².